The van der Waals surface area contributed by atoms with Gasteiger partial charge in [-0.25, -0.2) is 4.79 Å². The second kappa shape index (κ2) is 6.08. The molecule has 1 amide bonds. The molecular weight excluding hydrogens is 349 g/mol. The van der Waals surface area contributed by atoms with E-state index < -0.39 is 5.60 Å². The minimum Gasteiger partial charge on any atom is -0.444 e. The highest BCUT2D eigenvalue weighted by molar-refractivity contribution is 6.42. The van der Waals surface area contributed by atoms with Gasteiger partial charge in [-0.1, -0.05) is 29.3 Å². The van der Waals surface area contributed by atoms with Crippen LogP contribution in [0.4, 0.5) is 4.79 Å². The molecule has 0 radical (unpaired) electrons. The Bertz CT molecular complexity index is 658. The summed E-state index contributed by atoms with van der Waals surface area (Å²) in [5.41, 5.74) is 0.167. The average Bonchev–Trinajstić information content (AvgIpc) is 3.16. The van der Waals surface area contributed by atoms with E-state index >= 15 is 0 Å². The topological polar surface area (TPSA) is 49.8 Å². The van der Waals surface area contributed by atoms with Crippen LogP contribution < -0.4 is 0 Å². The Kier molecular flexibility index (Phi) is 4.52. The number of fused-ring (bicyclic) bond motifs is 1. The van der Waals surface area contributed by atoms with Gasteiger partial charge in [-0.2, -0.15) is 0 Å². The number of likely N-dealkylation sites (tertiary alicyclic amines) is 1. The number of nitrogens with zero attached hydrogens (tertiary/aromatic N) is 1. The zero-order valence-corrected chi connectivity index (χ0v) is 15.7. The number of hydrogen-bond acceptors (Lipinski definition) is 3. The zero-order valence-electron chi connectivity index (χ0n) is 14.2. The first kappa shape index (κ1) is 17.8. The Morgan fingerprint density at radius 1 is 1.33 bits per heavy atom. The number of rotatable bonds is 2. The summed E-state index contributed by atoms with van der Waals surface area (Å²) in [4.78, 5) is 14.1. The third-order valence-corrected chi connectivity index (χ3v) is 5.94. The molecule has 6 heteroatoms. The van der Waals surface area contributed by atoms with Gasteiger partial charge in [-0.15, -0.1) is 0 Å². The number of carbonyl (C=O) groups excluding carboxylic acids is 1. The van der Waals surface area contributed by atoms with E-state index in [0.717, 1.165) is 12.0 Å². The van der Waals surface area contributed by atoms with Crippen molar-refractivity contribution >= 4 is 29.3 Å². The van der Waals surface area contributed by atoms with Gasteiger partial charge in [0.25, 0.3) is 0 Å². The summed E-state index contributed by atoms with van der Waals surface area (Å²) in [6.45, 7) is 6.88. The molecule has 3 rings (SSSR count). The molecule has 1 aliphatic heterocycles. The number of hydrogen-bond donors (Lipinski definition) is 1. The zero-order chi connectivity index (χ0) is 17.7. The second-order valence-electron chi connectivity index (χ2n) is 7.76. The fourth-order valence-corrected chi connectivity index (χ4v) is 4.31. The number of piperidine rings is 1. The number of benzene rings is 1. The minimum absolute atomic E-state index is 0.0441. The van der Waals surface area contributed by atoms with Crippen LogP contribution in [0.2, 0.25) is 10.0 Å². The Morgan fingerprint density at radius 3 is 2.62 bits per heavy atom. The first-order valence-corrected chi connectivity index (χ1v) is 8.99. The summed E-state index contributed by atoms with van der Waals surface area (Å²) >= 11 is 12.2. The number of carbonyl (C=O) groups is 1. The van der Waals surface area contributed by atoms with Gasteiger partial charge < -0.3 is 14.7 Å². The molecule has 24 heavy (non-hydrogen) atoms. The van der Waals surface area contributed by atoms with Crippen LogP contribution in [0, 0.1) is 11.8 Å². The van der Waals surface area contributed by atoms with E-state index in [2.05, 4.69) is 0 Å². The summed E-state index contributed by atoms with van der Waals surface area (Å²) < 4.78 is 5.47. The van der Waals surface area contributed by atoms with Crippen LogP contribution in [-0.4, -0.2) is 41.4 Å². The Balaban J connectivity index is 1.78. The van der Waals surface area contributed by atoms with Crippen molar-refractivity contribution in [3.8, 4) is 0 Å². The first-order chi connectivity index (χ1) is 11.2. The lowest BCUT2D eigenvalue weighted by molar-refractivity contribution is 0.0206. The lowest BCUT2D eigenvalue weighted by atomic mass is 9.92. The summed E-state index contributed by atoms with van der Waals surface area (Å²) in [6, 6.07) is 5.55. The molecule has 0 bridgehead atoms. The lowest BCUT2D eigenvalue weighted by Crippen LogP contribution is -2.40. The number of amides is 1. The molecule has 1 N–H and O–H groups in total. The predicted molar refractivity (Wildman–Crippen MR) is 94.6 cm³/mol. The van der Waals surface area contributed by atoms with E-state index in [1.165, 1.54) is 0 Å². The normalized spacial score (nSPS) is 29.2. The van der Waals surface area contributed by atoms with E-state index in [0.29, 0.717) is 29.1 Å². The molecule has 1 saturated carbocycles. The van der Waals surface area contributed by atoms with Crippen molar-refractivity contribution in [2.75, 3.05) is 19.7 Å². The molecule has 1 aromatic carbocycles. The largest absolute Gasteiger partial charge is 0.444 e. The van der Waals surface area contributed by atoms with Crippen molar-refractivity contribution in [3.05, 3.63) is 33.8 Å². The molecular formula is C18H23Cl2NO3. The van der Waals surface area contributed by atoms with Crippen LogP contribution in [0.3, 0.4) is 0 Å². The third kappa shape index (κ3) is 3.00. The van der Waals surface area contributed by atoms with Crippen molar-refractivity contribution in [1.29, 1.82) is 0 Å². The summed E-state index contributed by atoms with van der Waals surface area (Å²) in [5, 5.41) is 11.1. The highest BCUT2D eigenvalue weighted by Crippen LogP contribution is 2.63. The van der Waals surface area contributed by atoms with E-state index in [1.807, 2.05) is 32.9 Å². The molecule has 1 aliphatic carbocycles. The van der Waals surface area contributed by atoms with Crippen molar-refractivity contribution < 1.29 is 14.6 Å². The number of aliphatic hydroxyl groups excluding tert-OH is 1. The fraction of sp³-hybridized carbons (Fsp3) is 0.611. The van der Waals surface area contributed by atoms with Crippen molar-refractivity contribution in [3.63, 3.8) is 0 Å². The summed E-state index contributed by atoms with van der Waals surface area (Å²) in [7, 11) is 0. The molecule has 0 spiro atoms. The summed E-state index contributed by atoms with van der Waals surface area (Å²) in [5.74, 6) is 0.583. The predicted octanol–water partition coefficient (Wildman–Crippen LogP) is 4.11. The fourth-order valence-electron chi connectivity index (χ4n) is 4.01. The molecule has 2 unspecified atom stereocenters. The van der Waals surface area contributed by atoms with Crippen LogP contribution in [0.25, 0.3) is 0 Å². The van der Waals surface area contributed by atoms with Gasteiger partial charge in [0, 0.05) is 18.5 Å². The van der Waals surface area contributed by atoms with Gasteiger partial charge in [0.2, 0.25) is 0 Å². The lowest BCUT2D eigenvalue weighted by Gasteiger charge is -2.29. The molecule has 1 aromatic rings. The van der Waals surface area contributed by atoms with Gasteiger partial charge in [0.05, 0.1) is 16.7 Å². The molecule has 132 valence electrons. The monoisotopic (exact) mass is 371 g/mol. The molecule has 2 fully saturated rings. The van der Waals surface area contributed by atoms with Gasteiger partial charge in [0.15, 0.2) is 0 Å². The van der Waals surface area contributed by atoms with Crippen molar-refractivity contribution in [2.45, 2.75) is 38.2 Å². The Hall–Kier alpha value is -0.970. The maximum atomic E-state index is 12.3. The number of aliphatic hydroxyl groups is 1. The van der Waals surface area contributed by atoms with Gasteiger partial charge >= 0.3 is 6.09 Å². The van der Waals surface area contributed by atoms with E-state index in [-0.39, 0.29) is 24.0 Å². The third-order valence-electron chi connectivity index (χ3n) is 5.20. The van der Waals surface area contributed by atoms with Crippen LogP contribution in [-0.2, 0) is 10.2 Å². The van der Waals surface area contributed by atoms with Crippen molar-refractivity contribution in [2.24, 2.45) is 11.8 Å². The van der Waals surface area contributed by atoms with Crippen LogP contribution in [0.1, 0.15) is 32.8 Å². The van der Waals surface area contributed by atoms with E-state index in [1.54, 1.807) is 11.0 Å². The van der Waals surface area contributed by atoms with Gasteiger partial charge in [-0.05, 0) is 56.7 Å². The molecule has 1 saturated heterocycles. The number of halogens is 2. The quantitative estimate of drug-likeness (QED) is 0.850. The SMILES string of the molecule is CC(C)(C)OC(=O)N1CCC2C(C1)[C@@]2(CO)c1ccc(Cl)c(Cl)c1. The highest BCUT2D eigenvalue weighted by Gasteiger charge is 2.66. The Morgan fingerprint density at radius 2 is 2.04 bits per heavy atom. The maximum Gasteiger partial charge on any atom is 0.410 e. The molecule has 1 heterocycles. The van der Waals surface area contributed by atoms with E-state index in [9.17, 15) is 9.90 Å². The van der Waals surface area contributed by atoms with Gasteiger partial charge in [0.1, 0.15) is 5.60 Å². The Labute approximate surface area is 152 Å². The van der Waals surface area contributed by atoms with Crippen molar-refractivity contribution in [1.82, 2.24) is 4.90 Å². The first-order valence-electron chi connectivity index (χ1n) is 8.23. The maximum absolute atomic E-state index is 12.3. The summed E-state index contributed by atoms with van der Waals surface area (Å²) in [6.07, 6.45) is 0.568. The van der Waals surface area contributed by atoms with Crippen LogP contribution >= 0.6 is 23.2 Å². The van der Waals surface area contributed by atoms with E-state index in [4.69, 9.17) is 27.9 Å². The van der Waals surface area contributed by atoms with Crippen LogP contribution in [0.15, 0.2) is 18.2 Å². The smallest absolute Gasteiger partial charge is 0.410 e. The van der Waals surface area contributed by atoms with Crippen LogP contribution in [0.5, 0.6) is 0 Å². The molecule has 2 aliphatic rings. The number of ether oxygens (including phenoxy) is 1. The standard InChI is InChI=1S/C18H23Cl2NO3/c1-17(2,3)24-16(23)21-7-6-12-13(9-21)18(12,10-22)11-4-5-14(19)15(20)8-11/h4-5,8,12-13,22H,6-7,9-10H2,1-3H3/t12?,13?,18-/m0/s1. The van der Waals surface area contributed by atoms with Gasteiger partial charge in [-0.3, -0.25) is 0 Å². The molecule has 3 atom stereocenters. The molecule has 4 nitrogen and oxygen atoms in total. The highest BCUT2D eigenvalue weighted by atomic mass is 35.5. The average molecular weight is 372 g/mol. The molecule has 0 aromatic heterocycles. The minimum atomic E-state index is -0.505. The second-order valence-corrected chi connectivity index (χ2v) is 8.57.